The van der Waals surface area contributed by atoms with Gasteiger partial charge in [-0.1, -0.05) is 24.3 Å². The molecule has 1 aromatic carbocycles. The minimum absolute atomic E-state index is 0.133. The Morgan fingerprint density at radius 2 is 2.15 bits per heavy atom. The molecular formula is C11H13BrN4O2S2. The van der Waals surface area contributed by atoms with E-state index in [1.165, 1.54) is 17.4 Å². The fourth-order valence-corrected chi connectivity index (χ4v) is 4.41. The van der Waals surface area contributed by atoms with E-state index in [2.05, 4.69) is 30.8 Å². The van der Waals surface area contributed by atoms with Crippen LogP contribution in [-0.4, -0.2) is 18.6 Å². The molecule has 0 unspecified atom stereocenters. The van der Waals surface area contributed by atoms with Crippen molar-refractivity contribution in [3.8, 4) is 0 Å². The van der Waals surface area contributed by atoms with E-state index in [-0.39, 0.29) is 16.6 Å². The van der Waals surface area contributed by atoms with E-state index in [0.29, 0.717) is 10.9 Å². The molecule has 1 heterocycles. The number of benzene rings is 1. The van der Waals surface area contributed by atoms with Crippen molar-refractivity contribution < 1.29 is 8.42 Å². The van der Waals surface area contributed by atoms with Gasteiger partial charge < -0.3 is 5.73 Å². The zero-order valence-electron chi connectivity index (χ0n) is 10.6. The van der Waals surface area contributed by atoms with Gasteiger partial charge in [0, 0.05) is 11.0 Å². The van der Waals surface area contributed by atoms with E-state index in [9.17, 15) is 8.42 Å². The summed E-state index contributed by atoms with van der Waals surface area (Å²) in [6, 6.07) is 4.96. The number of halogens is 1. The second kappa shape index (κ2) is 6.17. The Kier molecular flexibility index (Phi) is 4.74. The molecule has 0 aliphatic rings. The number of hydrogen-bond donors (Lipinski definition) is 2. The summed E-state index contributed by atoms with van der Waals surface area (Å²) in [6.45, 7) is 2.20. The zero-order valence-corrected chi connectivity index (χ0v) is 13.8. The minimum atomic E-state index is -3.72. The summed E-state index contributed by atoms with van der Waals surface area (Å²) >= 11 is 4.45. The van der Waals surface area contributed by atoms with E-state index >= 15 is 0 Å². The van der Waals surface area contributed by atoms with Crippen molar-refractivity contribution in [2.75, 3.05) is 4.72 Å². The van der Waals surface area contributed by atoms with Crippen LogP contribution in [0.4, 0.5) is 5.13 Å². The molecule has 0 radical (unpaired) electrons. The van der Waals surface area contributed by atoms with Gasteiger partial charge in [0.2, 0.25) is 5.13 Å². The highest BCUT2D eigenvalue weighted by atomic mass is 79.9. The predicted molar refractivity (Wildman–Crippen MR) is 82.1 cm³/mol. The van der Waals surface area contributed by atoms with Crippen molar-refractivity contribution in [2.24, 2.45) is 5.73 Å². The Morgan fingerprint density at radius 3 is 2.75 bits per heavy atom. The largest absolute Gasteiger partial charge is 0.326 e. The zero-order chi connectivity index (χ0) is 14.8. The molecule has 0 aliphatic carbocycles. The van der Waals surface area contributed by atoms with Gasteiger partial charge in [-0.2, -0.15) is 0 Å². The number of rotatable bonds is 5. The van der Waals surface area contributed by atoms with Gasteiger partial charge in [-0.3, -0.25) is 4.72 Å². The highest BCUT2D eigenvalue weighted by Gasteiger charge is 2.20. The van der Waals surface area contributed by atoms with Crippen LogP contribution in [0.1, 0.15) is 17.5 Å². The van der Waals surface area contributed by atoms with Gasteiger partial charge in [-0.05, 0) is 40.0 Å². The van der Waals surface area contributed by atoms with Gasteiger partial charge in [-0.15, -0.1) is 10.2 Å². The van der Waals surface area contributed by atoms with Crippen molar-refractivity contribution >= 4 is 42.4 Å². The fourth-order valence-electron chi connectivity index (χ4n) is 1.49. The molecule has 108 valence electrons. The first-order valence-electron chi connectivity index (χ1n) is 5.80. The van der Waals surface area contributed by atoms with Crippen LogP contribution >= 0.6 is 27.3 Å². The Bertz CT molecular complexity index is 715. The van der Waals surface area contributed by atoms with Gasteiger partial charge in [0.25, 0.3) is 10.0 Å². The molecule has 6 nitrogen and oxygen atoms in total. The number of aromatic nitrogens is 2. The third-order valence-corrected chi connectivity index (χ3v) is 5.96. The molecule has 0 saturated heterocycles. The summed E-state index contributed by atoms with van der Waals surface area (Å²) in [5.41, 5.74) is 6.27. The first-order valence-corrected chi connectivity index (χ1v) is 8.89. The lowest BCUT2D eigenvalue weighted by Crippen LogP contribution is -2.14. The smallest absolute Gasteiger partial charge is 0.264 e. The molecule has 0 fully saturated rings. The highest BCUT2D eigenvalue weighted by molar-refractivity contribution is 9.10. The lowest BCUT2D eigenvalue weighted by Gasteiger charge is -2.08. The van der Waals surface area contributed by atoms with E-state index in [1.807, 2.05) is 6.92 Å². The van der Waals surface area contributed by atoms with Crippen molar-refractivity contribution in [2.45, 2.75) is 24.8 Å². The Hall–Kier alpha value is -1.03. The molecule has 1 aromatic heterocycles. The molecule has 2 rings (SSSR count). The maximum absolute atomic E-state index is 12.3. The topological polar surface area (TPSA) is 98.0 Å². The van der Waals surface area contributed by atoms with E-state index in [1.54, 1.807) is 12.1 Å². The minimum Gasteiger partial charge on any atom is -0.326 e. The van der Waals surface area contributed by atoms with Crippen LogP contribution in [0.3, 0.4) is 0 Å². The summed E-state index contributed by atoms with van der Waals surface area (Å²) in [5, 5.41) is 8.72. The molecule has 2 aromatic rings. The third kappa shape index (κ3) is 3.35. The van der Waals surface area contributed by atoms with Crippen LogP contribution < -0.4 is 10.5 Å². The Morgan fingerprint density at radius 1 is 1.40 bits per heavy atom. The number of nitrogens with zero attached hydrogens (tertiary/aromatic N) is 2. The van der Waals surface area contributed by atoms with Crippen LogP contribution in [0.15, 0.2) is 27.6 Å². The Labute approximate surface area is 129 Å². The van der Waals surface area contributed by atoms with Gasteiger partial charge in [-0.25, -0.2) is 8.42 Å². The number of hydrogen-bond acceptors (Lipinski definition) is 6. The number of sulfonamides is 1. The van der Waals surface area contributed by atoms with Crippen LogP contribution in [-0.2, 0) is 23.0 Å². The molecule has 20 heavy (non-hydrogen) atoms. The molecule has 0 saturated carbocycles. The van der Waals surface area contributed by atoms with Crippen molar-refractivity contribution in [1.29, 1.82) is 0 Å². The van der Waals surface area contributed by atoms with Crippen LogP contribution in [0.2, 0.25) is 0 Å². The predicted octanol–water partition coefficient (Wildman–Crippen LogP) is 2.12. The first kappa shape index (κ1) is 15.4. The van der Waals surface area contributed by atoms with Crippen LogP contribution in [0.5, 0.6) is 0 Å². The normalized spacial score (nSPS) is 11.6. The SMILES string of the molecule is CCc1nnc(NS(=O)(=O)c2cc(CN)ccc2Br)s1. The van der Waals surface area contributed by atoms with Gasteiger partial charge in [0.05, 0.1) is 0 Å². The fraction of sp³-hybridized carbons (Fsp3) is 0.273. The van der Waals surface area contributed by atoms with Crippen molar-refractivity contribution in [3.05, 3.63) is 33.2 Å². The number of nitrogens with one attached hydrogen (secondary N) is 1. The van der Waals surface area contributed by atoms with E-state index in [0.717, 1.165) is 10.6 Å². The summed E-state index contributed by atoms with van der Waals surface area (Å²) in [6.07, 6.45) is 0.714. The average molecular weight is 377 g/mol. The van der Waals surface area contributed by atoms with Crippen molar-refractivity contribution in [3.63, 3.8) is 0 Å². The van der Waals surface area contributed by atoms with E-state index < -0.39 is 10.0 Å². The molecule has 9 heteroatoms. The summed E-state index contributed by atoms with van der Waals surface area (Å²) in [5.74, 6) is 0. The second-order valence-electron chi connectivity index (χ2n) is 3.93. The number of aryl methyl sites for hydroxylation is 1. The molecular weight excluding hydrogens is 364 g/mol. The summed E-state index contributed by atoms with van der Waals surface area (Å²) in [7, 11) is -3.72. The standard InChI is InChI=1S/C11H13BrN4O2S2/c1-2-10-14-15-11(19-10)16-20(17,18)9-5-7(6-13)3-4-8(9)12/h3-5H,2,6,13H2,1H3,(H,15,16). The van der Waals surface area contributed by atoms with Gasteiger partial charge in [0.15, 0.2) is 0 Å². The second-order valence-corrected chi connectivity index (χ2v) is 7.50. The van der Waals surface area contributed by atoms with Crippen LogP contribution in [0.25, 0.3) is 0 Å². The lowest BCUT2D eigenvalue weighted by molar-refractivity contribution is 0.600. The third-order valence-electron chi connectivity index (χ3n) is 2.51. The van der Waals surface area contributed by atoms with E-state index in [4.69, 9.17) is 5.73 Å². The summed E-state index contributed by atoms with van der Waals surface area (Å²) < 4.78 is 27.6. The first-order chi connectivity index (χ1) is 9.46. The molecule has 0 amide bonds. The quantitative estimate of drug-likeness (QED) is 0.832. The number of anilines is 1. The van der Waals surface area contributed by atoms with Gasteiger partial charge >= 0.3 is 0 Å². The average Bonchev–Trinajstić information content (AvgIpc) is 2.86. The molecule has 0 bridgehead atoms. The van der Waals surface area contributed by atoms with Crippen LogP contribution in [0, 0.1) is 0 Å². The Balaban J connectivity index is 2.34. The molecule has 0 spiro atoms. The maximum atomic E-state index is 12.3. The highest BCUT2D eigenvalue weighted by Crippen LogP contribution is 2.26. The lowest BCUT2D eigenvalue weighted by atomic mass is 10.2. The molecule has 0 atom stereocenters. The monoisotopic (exact) mass is 376 g/mol. The molecule has 0 aliphatic heterocycles. The van der Waals surface area contributed by atoms with Crippen molar-refractivity contribution in [1.82, 2.24) is 10.2 Å². The maximum Gasteiger partial charge on any atom is 0.264 e. The van der Waals surface area contributed by atoms with Gasteiger partial charge in [0.1, 0.15) is 9.90 Å². The molecule has 3 N–H and O–H groups in total. The number of nitrogens with two attached hydrogens (primary N) is 1. The summed E-state index contributed by atoms with van der Waals surface area (Å²) in [4.78, 5) is 0.133.